The van der Waals surface area contributed by atoms with E-state index < -0.39 is 0 Å². The van der Waals surface area contributed by atoms with Gasteiger partial charge in [0.1, 0.15) is 12.4 Å². The molecule has 9 nitrogen and oxygen atoms in total. The van der Waals surface area contributed by atoms with Crippen molar-refractivity contribution in [2.75, 3.05) is 0 Å². The molecule has 29 heavy (non-hydrogen) atoms. The van der Waals surface area contributed by atoms with E-state index in [0.717, 1.165) is 42.8 Å². The third-order valence-electron chi connectivity index (χ3n) is 4.97. The van der Waals surface area contributed by atoms with Gasteiger partial charge in [-0.25, -0.2) is 14.6 Å². The van der Waals surface area contributed by atoms with Crippen molar-refractivity contribution in [1.82, 2.24) is 35.5 Å². The molecule has 3 aromatic rings. The Morgan fingerprint density at radius 1 is 1.10 bits per heavy atom. The van der Waals surface area contributed by atoms with Gasteiger partial charge in [0, 0.05) is 23.0 Å². The molecule has 150 valence electrons. The second-order valence-corrected chi connectivity index (χ2v) is 7.30. The van der Waals surface area contributed by atoms with Crippen molar-refractivity contribution in [2.24, 2.45) is 0 Å². The van der Waals surface area contributed by atoms with Crippen LogP contribution >= 0.6 is 0 Å². The molecule has 1 N–H and O–H groups in total. The highest BCUT2D eigenvalue weighted by atomic mass is 16.5. The van der Waals surface area contributed by atoms with Crippen molar-refractivity contribution in [3.05, 3.63) is 53.6 Å². The van der Waals surface area contributed by atoms with E-state index in [-0.39, 0.29) is 18.1 Å². The van der Waals surface area contributed by atoms with Crippen molar-refractivity contribution >= 4 is 5.91 Å². The number of amides is 1. The number of hydrogen-bond acceptors (Lipinski definition) is 7. The van der Waals surface area contributed by atoms with Crippen LogP contribution in [-0.4, -0.2) is 48.2 Å². The third kappa shape index (κ3) is 4.74. The first-order valence-electron chi connectivity index (χ1n) is 9.70. The van der Waals surface area contributed by atoms with Gasteiger partial charge in [-0.3, -0.25) is 4.79 Å². The van der Waals surface area contributed by atoms with Gasteiger partial charge in [0.05, 0.1) is 5.69 Å². The Bertz CT molecular complexity index is 962. The molecule has 0 saturated heterocycles. The minimum Gasteiger partial charge on any atom is -0.460 e. The molecule has 0 radical (unpaired) electrons. The molecule has 1 fully saturated rings. The molecule has 4 rings (SSSR count). The number of hydrogen-bond donors (Lipinski definition) is 1. The van der Waals surface area contributed by atoms with Crippen molar-refractivity contribution in [3.8, 4) is 11.7 Å². The summed E-state index contributed by atoms with van der Waals surface area (Å²) in [6.07, 6.45) is 4.99. The zero-order valence-corrected chi connectivity index (χ0v) is 16.4. The molecule has 1 aliphatic carbocycles. The van der Waals surface area contributed by atoms with Crippen LogP contribution in [0.15, 0.2) is 36.7 Å². The normalized spacial score (nSPS) is 19.0. The van der Waals surface area contributed by atoms with Crippen molar-refractivity contribution < 1.29 is 9.53 Å². The van der Waals surface area contributed by atoms with Gasteiger partial charge in [0.2, 0.25) is 0 Å². The zero-order chi connectivity index (χ0) is 20.2. The van der Waals surface area contributed by atoms with E-state index in [0.29, 0.717) is 11.6 Å². The maximum Gasteiger partial charge on any atom is 0.317 e. The van der Waals surface area contributed by atoms with Crippen LogP contribution in [0.25, 0.3) is 5.69 Å². The predicted octanol–water partition coefficient (Wildman–Crippen LogP) is 2.19. The van der Waals surface area contributed by atoms with Gasteiger partial charge in [-0.05, 0) is 74.2 Å². The van der Waals surface area contributed by atoms with E-state index >= 15 is 0 Å². The summed E-state index contributed by atoms with van der Waals surface area (Å²) in [5, 5.41) is 14.2. The maximum absolute atomic E-state index is 12.7. The molecule has 1 aliphatic rings. The number of aromatic nitrogens is 6. The Morgan fingerprint density at radius 3 is 2.55 bits per heavy atom. The van der Waals surface area contributed by atoms with Crippen molar-refractivity contribution in [1.29, 1.82) is 0 Å². The van der Waals surface area contributed by atoms with Crippen LogP contribution in [0.4, 0.5) is 0 Å². The number of aryl methyl sites for hydroxylation is 2. The summed E-state index contributed by atoms with van der Waals surface area (Å²) in [6, 6.07) is 9.72. The number of benzene rings is 1. The van der Waals surface area contributed by atoms with Gasteiger partial charge in [0.15, 0.2) is 0 Å². The number of carbonyl (C=O) groups is 1. The average Bonchev–Trinajstić information content (AvgIpc) is 3.24. The van der Waals surface area contributed by atoms with Crippen LogP contribution in [0.2, 0.25) is 0 Å². The minimum atomic E-state index is -0.0954. The lowest BCUT2D eigenvalue weighted by Crippen LogP contribution is -2.39. The largest absolute Gasteiger partial charge is 0.460 e. The standard InChI is InChI=1S/C20H23N7O2/c1-13-10-14(2)23-20(22-13)29-18-8-6-16(7-9-18)24-19(28)15-4-3-5-17(11-15)27-12-21-25-26-27/h3-5,10-12,16,18H,6-9H2,1-2H3,(H,24,28). The molecule has 0 bridgehead atoms. The average molecular weight is 393 g/mol. The first kappa shape index (κ1) is 19.0. The summed E-state index contributed by atoms with van der Waals surface area (Å²) in [6.45, 7) is 3.87. The third-order valence-corrected chi connectivity index (χ3v) is 4.97. The number of carbonyl (C=O) groups excluding carboxylic acids is 1. The van der Waals surface area contributed by atoms with Crippen LogP contribution in [0.1, 0.15) is 47.4 Å². The summed E-state index contributed by atoms with van der Waals surface area (Å²) < 4.78 is 7.48. The van der Waals surface area contributed by atoms with Crippen molar-refractivity contribution in [2.45, 2.75) is 51.7 Å². The fraction of sp³-hybridized carbons (Fsp3) is 0.400. The smallest absolute Gasteiger partial charge is 0.317 e. The summed E-state index contributed by atoms with van der Waals surface area (Å²) in [5.41, 5.74) is 3.13. The maximum atomic E-state index is 12.7. The van der Waals surface area contributed by atoms with E-state index in [2.05, 4.69) is 30.8 Å². The fourth-order valence-corrected chi connectivity index (χ4v) is 3.56. The molecule has 1 saturated carbocycles. The molecule has 9 heteroatoms. The van der Waals surface area contributed by atoms with Gasteiger partial charge < -0.3 is 10.1 Å². The molecule has 0 atom stereocenters. The second kappa shape index (κ2) is 8.34. The van der Waals surface area contributed by atoms with E-state index in [4.69, 9.17) is 4.74 Å². The first-order valence-corrected chi connectivity index (χ1v) is 9.70. The topological polar surface area (TPSA) is 108 Å². The van der Waals surface area contributed by atoms with Gasteiger partial charge in [-0.15, -0.1) is 5.10 Å². The van der Waals surface area contributed by atoms with E-state index in [1.807, 2.05) is 32.0 Å². The summed E-state index contributed by atoms with van der Waals surface area (Å²) in [7, 11) is 0. The Kier molecular flexibility index (Phi) is 5.46. The minimum absolute atomic E-state index is 0.0764. The Hall–Kier alpha value is -3.36. The van der Waals surface area contributed by atoms with Gasteiger partial charge in [0.25, 0.3) is 5.91 Å². The van der Waals surface area contributed by atoms with E-state index in [1.165, 1.54) is 11.0 Å². The predicted molar refractivity (Wildman–Crippen MR) is 105 cm³/mol. The quantitative estimate of drug-likeness (QED) is 0.708. The number of ether oxygens (including phenoxy) is 1. The van der Waals surface area contributed by atoms with Crippen LogP contribution in [-0.2, 0) is 0 Å². The molecule has 2 aromatic heterocycles. The summed E-state index contributed by atoms with van der Waals surface area (Å²) in [4.78, 5) is 21.3. The Labute approximate surface area is 168 Å². The van der Waals surface area contributed by atoms with Crippen LogP contribution in [0.5, 0.6) is 6.01 Å². The molecular formula is C20H23N7O2. The summed E-state index contributed by atoms with van der Waals surface area (Å²) in [5.74, 6) is -0.0954. The first-order chi connectivity index (χ1) is 14.1. The lowest BCUT2D eigenvalue weighted by atomic mass is 9.92. The molecule has 2 heterocycles. The molecule has 0 aliphatic heterocycles. The van der Waals surface area contributed by atoms with E-state index in [1.54, 1.807) is 12.1 Å². The number of nitrogens with zero attached hydrogens (tertiary/aromatic N) is 6. The molecule has 1 amide bonds. The summed E-state index contributed by atoms with van der Waals surface area (Å²) >= 11 is 0. The zero-order valence-electron chi connectivity index (χ0n) is 16.4. The molecule has 1 aromatic carbocycles. The second-order valence-electron chi connectivity index (χ2n) is 7.30. The molecular weight excluding hydrogens is 370 g/mol. The molecule has 0 unspecified atom stereocenters. The monoisotopic (exact) mass is 393 g/mol. The van der Waals surface area contributed by atoms with Gasteiger partial charge in [-0.1, -0.05) is 6.07 Å². The number of nitrogens with one attached hydrogen (secondary N) is 1. The van der Waals surface area contributed by atoms with Crippen molar-refractivity contribution in [3.63, 3.8) is 0 Å². The van der Waals surface area contributed by atoms with Gasteiger partial charge in [-0.2, -0.15) is 0 Å². The SMILES string of the molecule is Cc1cc(C)nc(OC2CCC(NC(=O)c3cccc(-n4cnnn4)c3)CC2)n1. The lowest BCUT2D eigenvalue weighted by molar-refractivity contribution is 0.0884. The Balaban J connectivity index is 1.31. The lowest BCUT2D eigenvalue weighted by Gasteiger charge is -2.29. The van der Waals surface area contributed by atoms with Crippen LogP contribution in [0, 0.1) is 13.8 Å². The highest BCUT2D eigenvalue weighted by Gasteiger charge is 2.25. The van der Waals surface area contributed by atoms with E-state index in [9.17, 15) is 4.79 Å². The Morgan fingerprint density at radius 2 is 1.86 bits per heavy atom. The van der Waals surface area contributed by atoms with Crippen LogP contribution < -0.4 is 10.1 Å². The number of rotatable bonds is 5. The number of tetrazole rings is 1. The highest BCUT2D eigenvalue weighted by molar-refractivity contribution is 5.94. The van der Waals surface area contributed by atoms with Gasteiger partial charge >= 0.3 is 6.01 Å². The molecule has 0 spiro atoms. The highest BCUT2D eigenvalue weighted by Crippen LogP contribution is 2.23. The fourth-order valence-electron chi connectivity index (χ4n) is 3.56. The van der Waals surface area contributed by atoms with Crippen LogP contribution in [0.3, 0.4) is 0 Å².